The molecule has 0 saturated carbocycles. The second kappa shape index (κ2) is 4.49. The molecule has 2 unspecified atom stereocenters. The Morgan fingerprint density at radius 3 is 2.55 bits per heavy atom. The predicted molar refractivity (Wildman–Crippen MR) is 79.6 cm³/mol. The van der Waals surface area contributed by atoms with Gasteiger partial charge in [0.15, 0.2) is 5.82 Å². The first kappa shape index (κ1) is 11.7. The van der Waals surface area contributed by atoms with Crippen LogP contribution in [0.15, 0.2) is 42.6 Å². The molecule has 2 atom stereocenters. The van der Waals surface area contributed by atoms with Gasteiger partial charge >= 0.3 is 0 Å². The summed E-state index contributed by atoms with van der Waals surface area (Å²) in [6.45, 7) is 1.57. The zero-order valence-corrected chi connectivity index (χ0v) is 11.2. The highest BCUT2D eigenvalue weighted by molar-refractivity contribution is 5.84. The van der Waals surface area contributed by atoms with Gasteiger partial charge in [0.05, 0.1) is 31.0 Å². The molecule has 2 saturated heterocycles. The normalized spacial score (nSPS) is 24.3. The molecule has 1 aromatic carbocycles. The Labute approximate surface area is 118 Å². The van der Waals surface area contributed by atoms with Crippen molar-refractivity contribution in [3.8, 4) is 11.1 Å². The van der Waals surface area contributed by atoms with Crippen LogP contribution in [0, 0.1) is 0 Å². The average Bonchev–Trinajstić information content (AvgIpc) is 2.51. The lowest BCUT2D eigenvalue weighted by atomic mass is 9.90. The van der Waals surface area contributed by atoms with Crippen LogP contribution in [0.1, 0.15) is 6.42 Å². The SMILES string of the molecule is Nc1c(-c2ccccc2)ccnc1N1C2COCC1C2. The van der Waals surface area contributed by atoms with E-state index in [2.05, 4.69) is 22.0 Å². The number of pyridine rings is 1. The standard InChI is InChI=1S/C16H17N3O/c17-15-14(11-4-2-1-3-5-11)6-7-18-16(15)19-12-8-13(19)10-20-9-12/h1-7,12-13H,8-10,17H2. The van der Waals surface area contributed by atoms with Crippen molar-refractivity contribution >= 4 is 11.5 Å². The zero-order chi connectivity index (χ0) is 13.5. The van der Waals surface area contributed by atoms with E-state index in [1.54, 1.807) is 0 Å². The predicted octanol–water partition coefficient (Wildman–Crippen LogP) is 2.31. The third-order valence-electron chi connectivity index (χ3n) is 4.25. The number of ether oxygens (including phenoxy) is 1. The monoisotopic (exact) mass is 267 g/mol. The summed E-state index contributed by atoms with van der Waals surface area (Å²) in [4.78, 5) is 6.84. The van der Waals surface area contributed by atoms with Crippen LogP contribution in [0.25, 0.3) is 11.1 Å². The molecular formula is C16H17N3O. The van der Waals surface area contributed by atoms with Crippen LogP contribution in [-0.4, -0.2) is 30.3 Å². The van der Waals surface area contributed by atoms with Gasteiger partial charge in [0.2, 0.25) is 0 Å². The minimum Gasteiger partial charge on any atom is -0.395 e. The van der Waals surface area contributed by atoms with Crippen LogP contribution in [0.5, 0.6) is 0 Å². The number of nitrogen functional groups attached to an aromatic ring is 1. The molecule has 4 rings (SSSR count). The molecule has 3 heterocycles. The highest BCUT2D eigenvalue weighted by Gasteiger charge is 2.43. The smallest absolute Gasteiger partial charge is 0.153 e. The lowest BCUT2D eigenvalue weighted by Gasteiger charge is -2.53. The van der Waals surface area contributed by atoms with Crippen molar-refractivity contribution in [2.24, 2.45) is 0 Å². The Morgan fingerprint density at radius 2 is 1.85 bits per heavy atom. The van der Waals surface area contributed by atoms with E-state index in [-0.39, 0.29) is 0 Å². The second-order valence-corrected chi connectivity index (χ2v) is 5.45. The van der Waals surface area contributed by atoms with E-state index in [4.69, 9.17) is 10.5 Å². The largest absolute Gasteiger partial charge is 0.395 e. The molecule has 0 amide bonds. The number of benzene rings is 1. The molecule has 4 heteroatoms. The van der Waals surface area contributed by atoms with E-state index in [1.807, 2.05) is 30.5 Å². The van der Waals surface area contributed by atoms with Gasteiger partial charge in [0, 0.05) is 11.8 Å². The van der Waals surface area contributed by atoms with Gasteiger partial charge in [-0.3, -0.25) is 0 Å². The van der Waals surface area contributed by atoms with Gasteiger partial charge in [-0.1, -0.05) is 30.3 Å². The van der Waals surface area contributed by atoms with Gasteiger partial charge in [0.25, 0.3) is 0 Å². The summed E-state index contributed by atoms with van der Waals surface area (Å²) < 4.78 is 5.53. The number of morpholine rings is 1. The molecule has 2 fully saturated rings. The summed E-state index contributed by atoms with van der Waals surface area (Å²) in [7, 11) is 0. The van der Waals surface area contributed by atoms with Crippen LogP contribution in [0.4, 0.5) is 11.5 Å². The fourth-order valence-corrected chi connectivity index (χ4v) is 3.22. The van der Waals surface area contributed by atoms with E-state index in [1.165, 1.54) is 6.42 Å². The van der Waals surface area contributed by atoms with E-state index in [0.717, 1.165) is 35.8 Å². The summed E-state index contributed by atoms with van der Waals surface area (Å²) >= 11 is 0. The molecule has 0 spiro atoms. The number of nitrogens with two attached hydrogens (primary N) is 1. The highest BCUT2D eigenvalue weighted by Crippen LogP contribution is 2.40. The average molecular weight is 267 g/mol. The van der Waals surface area contributed by atoms with Crippen molar-refractivity contribution in [1.29, 1.82) is 0 Å². The second-order valence-electron chi connectivity index (χ2n) is 5.45. The summed E-state index contributed by atoms with van der Waals surface area (Å²) in [5.74, 6) is 0.913. The minimum atomic E-state index is 0.439. The van der Waals surface area contributed by atoms with Crippen molar-refractivity contribution in [3.63, 3.8) is 0 Å². The number of hydrogen-bond donors (Lipinski definition) is 1. The summed E-state index contributed by atoms with van der Waals surface area (Å²) in [5, 5.41) is 0. The van der Waals surface area contributed by atoms with Crippen molar-refractivity contribution in [2.45, 2.75) is 18.5 Å². The number of hydrogen-bond acceptors (Lipinski definition) is 4. The number of rotatable bonds is 2. The number of fused-ring (bicyclic) bond motifs is 2. The molecular weight excluding hydrogens is 250 g/mol. The number of anilines is 2. The van der Waals surface area contributed by atoms with Gasteiger partial charge < -0.3 is 15.4 Å². The van der Waals surface area contributed by atoms with Crippen molar-refractivity contribution in [2.75, 3.05) is 23.8 Å². The molecule has 4 nitrogen and oxygen atoms in total. The molecule has 2 N–H and O–H groups in total. The number of aromatic nitrogens is 1. The van der Waals surface area contributed by atoms with E-state index >= 15 is 0 Å². The zero-order valence-electron chi connectivity index (χ0n) is 11.2. The maximum atomic E-state index is 6.38. The van der Waals surface area contributed by atoms with Crippen molar-refractivity contribution in [3.05, 3.63) is 42.6 Å². The third kappa shape index (κ3) is 1.68. The van der Waals surface area contributed by atoms with Gasteiger partial charge in [-0.2, -0.15) is 0 Å². The van der Waals surface area contributed by atoms with Crippen LogP contribution in [-0.2, 0) is 4.74 Å². The summed E-state index contributed by atoms with van der Waals surface area (Å²) in [5.41, 5.74) is 9.35. The van der Waals surface area contributed by atoms with Crippen LogP contribution >= 0.6 is 0 Å². The fraction of sp³-hybridized carbons (Fsp3) is 0.312. The lowest BCUT2D eigenvalue weighted by molar-refractivity contribution is 0.00982. The molecule has 2 aliphatic heterocycles. The Kier molecular flexibility index (Phi) is 2.63. The Bertz CT molecular complexity index is 615. The van der Waals surface area contributed by atoms with Gasteiger partial charge in [-0.25, -0.2) is 4.98 Å². The molecule has 2 bridgehead atoms. The summed E-state index contributed by atoms with van der Waals surface area (Å²) in [6, 6.07) is 13.1. The van der Waals surface area contributed by atoms with E-state index in [0.29, 0.717) is 12.1 Å². The van der Waals surface area contributed by atoms with Crippen LogP contribution in [0.3, 0.4) is 0 Å². The quantitative estimate of drug-likeness (QED) is 0.907. The number of nitrogens with zero attached hydrogens (tertiary/aromatic N) is 2. The van der Waals surface area contributed by atoms with Crippen molar-refractivity contribution in [1.82, 2.24) is 4.98 Å². The van der Waals surface area contributed by atoms with Crippen molar-refractivity contribution < 1.29 is 4.74 Å². The third-order valence-corrected chi connectivity index (χ3v) is 4.25. The van der Waals surface area contributed by atoms with Crippen LogP contribution < -0.4 is 10.6 Å². The molecule has 102 valence electrons. The molecule has 0 aliphatic carbocycles. The Balaban J connectivity index is 1.75. The molecule has 20 heavy (non-hydrogen) atoms. The van der Waals surface area contributed by atoms with Crippen LogP contribution in [0.2, 0.25) is 0 Å². The lowest BCUT2D eigenvalue weighted by Crippen LogP contribution is -2.64. The molecule has 2 aliphatic rings. The maximum Gasteiger partial charge on any atom is 0.153 e. The van der Waals surface area contributed by atoms with E-state index in [9.17, 15) is 0 Å². The van der Waals surface area contributed by atoms with Gasteiger partial charge in [-0.05, 0) is 18.1 Å². The highest BCUT2D eigenvalue weighted by atomic mass is 16.5. The molecule has 0 radical (unpaired) electrons. The van der Waals surface area contributed by atoms with Gasteiger partial charge in [-0.15, -0.1) is 0 Å². The molecule has 2 aromatic rings. The Morgan fingerprint density at radius 1 is 1.10 bits per heavy atom. The fourth-order valence-electron chi connectivity index (χ4n) is 3.22. The van der Waals surface area contributed by atoms with E-state index < -0.39 is 0 Å². The summed E-state index contributed by atoms with van der Waals surface area (Å²) in [6.07, 6.45) is 3.04. The first-order valence-corrected chi connectivity index (χ1v) is 7.00. The Hall–Kier alpha value is -2.07. The minimum absolute atomic E-state index is 0.439. The van der Waals surface area contributed by atoms with Gasteiger partial charge in [0.1, 0.15) is 0 Å². The first-order chi connectivity index (χ1) is 9.84. The molecule has 1 aromatic heterocycles. The topological polar surface area (TPSA) is 51.4 Å². The first-order valence-electron chi connectivity index (χ1n) is 7.00. The maximum absolute atomic E-state index is 6.38.